The fourth-order valence-electron chi connectivity index (χ4n) is 1.02. The molecule has 1 rings (SSSR count). The SMILES string of the molecule is CCOCCOCCOc1cnc(C#N)cn1. The molecule has 0 aliphatic heterocycles. The van der Waals surface area contributed by atoms with E-state index in [1.165, 1.54) is 12.4 Å². The highest BCUT2D eigenvalue weighted by Gasteiger charge is 1.97. The summed E-state index contributed by atoms with van der Waals surface area (Å²) in [7, 11) is 0. The zero-order chi connectivity index (χ0) is 12.3. The molecule has 0 N–H and O–H groups in total. The Kier molecular flexibility index (Phi) is 6.63. The van der Waals surface area contributed by atoms with Gasteiger partial charge in [-0.25, -0.2) is 9.97 Å². The van der Waals surface area contributed by atoms with Crippen molar-refractivity contribution in [3.05, 3.63) is 18.1 Å². The first-order chi connectivity index (χ1) is 8.36. The van der Waals surface area contributed by atoms with Crippen molar-refractivity contribution in [2.75, 3.05) is 33.0 Å². The third kappa shape index (κ3) is 5.80. The van der Waals surface area contributed by atoms with Gasteiger partial charge in [-0.2, -0.15) is 5.26 Å². The number of hydrogen-bond acceptors (Lipinski definition) is 6. The fourth-order valence-corrected chi connectivity index (χ4v) is 1.02. The van der Waals surface area contributed by atoms with Crippen LogP contribution < -0.4 is 4.74 Å². The molecule has 0 aromatic carbocycles. The van der Waals surface area contributed by atoms with Gasteiger partial charge in [0.2, 0.25) is 5.88 Å². The van der Waals surface area contributed by atoms with Crippen molar-refractivity contribution in [3.63, 3.8) is 0 Å². The van der Waals surface area contributed by atoms with Crippen molar-refractivity contribution in [2.45, 2.75) is 6.92 Å². The van der Waals surface area contributed by atoms with Gasteiger partial charge in [0.05, 0.1) is 32.2 Å². The van der Waals surface area contributed by atoms with Gasteiger partial charge in [0, 0.05) is 6.61 Å². The second kappa shape index (κ2) is 8.44. The molecule has 0 saturated carbocycles. The van der Waals surface area contributed by atoms with Gasteiger partial charge in [0.25, 0.3) is 0 Å². The van der Waals surface area contributed by atoms with Crippen molar-refractivity contribution in [3.8, 4) is 11.9 Å². The fraction of sp³-hybridized carbons (Fsp3) is 0.545. The molecule has 6 nitrogen and oxygen atoms in total. The van der Waals surface area contributed by atoms with Gasteiger partial charge in [-0.05, 0) is 6.92 Å². The van der Waals surface area contributed by atoms with Gasteiger partial charge in [-0.15, -0.1) is 0 Å². The minimum absolute atomic E-state index is 0.269. The lowest BCUT2D eigenvalue weighted by Crippen LogP contribution is -2.11. The highest BCUT2D eigenvalue weighted by atomic mass is 16.5. The van der Waals surface area contributed by atoms with Crippen molar-refractivity contribution in [1.82, 2.24) is 9.97 Å². The summed E-state index contributed by atoms with van der Waals surface area (Å²) in [5, 5.41) is 8.52. The van der Waals surface area contributed by atoms with Crippen LogP contribution >= 0.6 is 0 Å². The third-order valence-corrected chi connectivity index (χ3v) is 1.80. The van der Waals surface area contributed by atoms with Gasteiger partial charge in [0.1, 0.15) is 12.7 Å². The van der Waals surface area contributed by atoms with E-state index < -0.39 is 0 Å². The Morgan fingerprint density at radius 1 is 1.12 bits per heavy atom. The first kappa shape index (κ1) is 13.4. The average molecular weight is 237 g/mol. The van der Waals surface area contributed by atoms with Gasteiger partial charge >= 0.3 is 0 Å². The van der Waals surface area contributed by atoms with E-state index in [1.54, 1.807) is 0 Å². The van der Waals surface area contributed by atoms with Crippen molar-refractivity contribution >= 4 is 0 Å². The van der Waals surface area contributed by atoms with Crippen LogP contribution in [0.1, 0.15) is 12.6 Å². The molecule has 1 aromatic rings. The molecule has 92 valence electrons. The quantitative estimate of drug-likeness (QED) is 0.622. The van der Waals surface area contributed by atoms with Crippen LogP contribution in [0.15, 0.2) is 12.4 Å². The van der Waals surface area contributed by atoms with Crippen LogP contribution in [-0.2, 0) is 9.47 Å². The van der Waals surface area contributed by atoms with Crippen LogP contribution in [0, 0.1) is 11.3 Å². The van der Waals surface area contributed by atoms with E-state index in [1.807, 2.05) is 13.0 Å². The monoisotopic (exact) mass is 237 g/mol. The first-order valence-corrected chi connectivity index (χ1v) is 5.37. The van der Waals surface area contributed by atoms with E-state index >= 15 is 0 Å². The number of ether oxygens (including phenoxy) is 3. The summed E-state index contributed by atoms with van der Waals surface area (Å²) >= 11 is 0. The average Bonchev–Trinajstić information content (AvgIpc) is 2.38. The summed E-state index contributed by atoms with van der Waals surface area (Å²) in [6.07, 6.45) is 2.78. The van der Waals surface area contributed by atoms with Gasteiger partial charge < -0.3 is 14.2 Å². The number of nitrogens with zero attached hydrogens (tertiary/aromatic N) is 3. The Morgan fingerprint density at radius 3 is 2.53 bits per heavy atom. The molecule has 0 bridgehead atoms. The van der Waals surface area contributed by atoms with Crippen LogP contribution in [0.4, 0.5) is 0 Å². The van der Waals surface area contributed by atoms with E-state index in [0.29, 0.717) is 38.9 Å². The zero-order valence-electron chi connectivity index (χ0n) is 9.76. The molecule has 0 atom stereocenters. The lowest BCUT2D eigenvalue weighted by atomic mass is 10.5. The first-order valence-electron chi connectivity index (χ1n) is 5.37. The van der Waals surface area contributed by atoms with Gasteiger partial charge in [-0.3, -0.25) is 0 Å². The molecule has 0 radical (unpaired) electrons. The number of hydrogen-bond donors (Lipinski definition) is 0. The van der Waals surface area contributed by atoms with Crippen LogP contribution in [0.5, 0.6) is 5.88 Å². The summed E-state index contributed by atoms with van der Waals surface area (Å²) in [4.78, 5) is 7.74. The van der Waals surface area contributed by atoms with Crippen LogP contribution in [0.2, 0.25) is 0 Å². The van der Waals surface area contributed by atoms with Crippen LogP contribution in [-0.4, -0.2) is 43.0 Å². The van der Waals surface area contributed by atoms with E-state index in [9.17, 15) is 0 Å². The molecule has 0 aliphatic rings. The zero-order valence-corrected chi connectivity index (χ0v) is 9.76. The maximum Gasteiger partial charge on any atom is 0.232 e. The molecule has 0 spiro atoms. The normalized spacial score (nSPS) is 9.88. The molecule has 17 heavy (non-hydrogen) atoms. The highest BCUT2D eigenvalue weighted by molar-refractivity contribution is 5.18. The third-order valence-electron chi connectivity index (χ3n) is 1.80. The molecule has 1 heterocycles. The van der Waals surface area contributed by atoms with E-state index in [-0.39, 0.29) is 5.69 Å². The topological polar surface area (TPSA) is 77.3 Å². The Balaban J connectivity index is 2.08. The largest absolute Gasteiger partial charge is 0.474 e. The second-order valence-electron chi connectivity index (χ2n) is 3.01. The predicted octanol–water partition coefficient (Wildman–Crippen LogP) is 0.780. The Morgan fingerprint density at radius 2 is 1.88 bits per heavy atom. The highest BCUT2D eigenvalue weighted by Crippen LogP contribution is 2.02. The molecule has 6 heteroatoms. The molecular formula is C11H15N3O3. The van der Waals surface area contributed by atoms with Crippen molar-refractivity contribution in [1.29, 1.82) is 5.26 Å². The maximum atomic E-state index is 8.52. The van der Waals surface area contributed by atoms with E-state index in [2.05, 4.69) is 9.97 Å². The summed E-state index contributed by atoms with van der Waals surface area (Å²) in [6, 6.07) is 1.88. The molecule has 0 amide bonds. The Bertz CT molecular complexity index is 348. The van der Waals surface area contributed by atoms with E-state index in [0.717, 1.165) is 0 Å². The second-order valence-corrected chi connectivity index (χ2v) is 3.01. The lowest BCUT2D eigenvalue weighted by molar-refractivity contribution is 0.0398. The number of nitriles is 1. The molecule has 0 fully saturated rings. The molecule has 1 aromatic heterocycles. The van der Waals surface area contributed by atoms with Crippen molar-refractivity contribution in [2.24, 2.45) is 0 Å². The standard InChI is InChI=1S/C11H15N3O3/c1-2-15-3-4-16-5-6-17-11-9-13-10(7-12)8-14-11/h8-9H,2-6H2,1H3. The minimum atomic E-state index is 0.269. The van der Waals surface area contributed by atoms with E-state index in [4.69, 9.17) is 19.5 Å². The van der Waals surface area contributed by atoms with Gasteiger partial charge in [-0.1, -0.05) is 0 Å². The summed E-state index contributed by atoms with van der Waals surface area (Å²) < 4.78 is 15.6. The molecule has 0 saturated heterocycles. The molecular weight excluding hydrogens is 222 g/mol. The minimum Gasteiger partial charge on any atom is -0.474 e. The summed E-state index contributed by atoms with van der Waals surface area (Å²) in [6.45, 7) is 4.64. The van der Waals surface area contributed by atoms with Crippen LogP contribution in [0.3, 0.4) is 0 Å². The molecule has 0 aliphatic carbocycles. The lowest BCUT2D eigenvalue weighted by Gasteiger charge is -2.05. The Labute approximate surface area is 100 Å². The number of rotatable bonds is 8. The maximum absolute atomic E-state index is 8.52. The van der Waals surface area contributed by atoms with Crippen molar-refractivity contribution < 1.29 is 14.2 Å². The van der Waals surface area contributed by atoms with Gasteiger partial charge in [0.15, 0.2) is 5.69 Å². The Hall–Kier alpha value is -1.71. The smallest absolute Gasteiger partial charge is 0.232 e. The molecule has 0 unspecified atom stereocenters. The summed E-state index contributed by atoms with van der Waals surface area (Å²) in [5.41, 5.74) is 0.269. The summed E-state index contributed by atoms with van der Waals surface area (Å²) in [5.74, 6) is 0.386. The van der Waals surface area contributed by atoms with Crippen LogP contribution in [0.25, 0.3) is 0 Å². The predicted molar refractivity (Wildman–Crippen MR) is 59.6 cm³/mol. The number of aromatic nitrogens is 2.